The number of rotatable bonds is 6. The largest absolute Gasteiger partial charge is 0.393 e. The van der Waals surface area contributed by atoms with Crippen LogP contribution < -0.4 is 10.6 Å². The summed E-state index contributed by atoms with van der Waals surface area (Å²) in [7, 11) is 0. The van der Waals surface area contributed by atoms with E-state index >= 15 is 0 Å². The average Bonchev–Trinajstić information content (AvgIpc) is 3.36. The summed E-state index contributed by atoms with van der Waals surface area (Å²) in [6.45, 7) is 3.84. The monoisotopic (exact) mass is 475 g/mol. The van der Waals surface area contributed by atoms with E-state index < -0.39 is 0 Å². The van der Waals surface area contributed by atoms with Crippen molar-refractivity contribution < 1.29 is 5.11 Å². The number of thioether (sulfide) groups is 1. The van der Waals surface area contributed by atoms with E-state index in [0.29, 0.717) is 6.04 Å². The van der Waals surface area contributed by atoms with Crippen molar-refractivity contribution in [3.63, 3.8) is 0 Å². The standard InChI is InChI=1S/C19H29N3OS.HI/c1-2-20-18(22-15-8-10-16(23)11-9-15)21-14-19(12-13-19)24-17-6-4-3-5-7-17;/h3-7,15-16,23H,2,8-14H2,1H3,(H2,20,21,22);1H. The molecule has 0 bridgehead atoms. The molecule has 140 valence electrons. The SMILES string of the molecule is CCNC(=NCC1(Sc2ccccc2)CC1)NC1CCC(O)CC1.I. The van der Waals surface area contributed by atoms with Gasteiger partial charge in [0.1, 0.15) is 0 Å². The van der Waals surface area contributed by atoms with Crippen LogP contribution in [-0.4, -0.2) is 41.0 Å². The van der Waals surface area contributed by atoms with Gasteiger partial charge in [-0.3, -0.25) is 4.99 Å². The maximum Gasteiger partial charge on any atom is 0.191 e. The number of guanidine groups is 1. The molecule has 0 heterocycles. The Labute approximate surface area is 172 Å². The zero-order valence-electron chi connectivity index (χ0n) is 14.9. The third-order valence-corrected chi connectivity index (χ3v) is 6.27. The number of aliphatic hydroxyl groups excluding tert-OH is 1. The molecule has 2 aliphatic rings. The van der Waals surface area contributed by atoms with Gasteiger partial charge in [-0.05, 0) is 57.6 Å². The van der Waals surface area contributed by atoms with Crippen molar-refractivity contribution >= 4 is 41.7 Å². The lowest BCUT2D eigenvalue weighted by Gasteiger charge is -2.28. The minimum Gasteiger partial charge on any atom is -0.393 e. The maximum absolute atomic E-state index is 9.65. The topological polar surface area (TPSA) is 56.7 Å². The molecule has 0 aliphatic heterocycles. The summed E-state index contributed by atoms with van der Waals surface area (Å²) in [5.74, 6) is 0.929. The zero-order chi connectivity index (χ0) is 16.8. The smallest absolute Gasteiger partial charge is 0.191 e. The Morgan fingerprint density at radius 2 is 1.88 bits per heavy atom. The summed E-state index contributed by atoms with van der Waals surface area (Å²) in [4.78, 5) is 6.21. The van der Waals surface area contributed by atoms with Crippen molar-refractivity contribution in [2.75, 3.05) is 13.1 Å². The first-order valence-electron chi connectivity index (χ1n) is 9.16. The van der Waals surface area contributed by atoms with Gasteiger partial charge in [0.25, 0.3) is 0 Å². The van der Waals surface area contributed by atoms with Crippen LogP contribution in [0, 0.1) is 0 Å². The van der Waals surface area contributed by atoms with Crippen LogP contribution in [0.2, 0.25) is 0 Å². The molecule has 25 heavy (non-hydrogen) atoms. The van der Waals surface area contributed by atoms with E-state index in [9.17, 15) is 5.11 Å². The van der Waals surface area contributed by atoms with Crippen molar-refractivity contribution in [2.45, 2.75) is 67.2 Å². The maximum atomic E-state index is 9.65. The molecule has 0 radical (unpaired) electrons. The summed E-state index contributed by atoms with van der Waals surface area (Å²) >= 11 is 1.97. The van der Waals surface area contributed by atoms with Crippen LogP contribution in [0.3, 0.4) is 0 Å². The number of benzene rings is 1. The van der Waals surface area contributed by atoms with Gasteiger partial charge in [-0.15, -0.1) is 35.7 Å². The van der Waals surface area contributed by atoms with Crippen LogP contribution in [0.1, 0.15) is 45.4 Å². The van der Waals surface area contributed by atoms with Crippen LogP contribution in [-0.2, 0) is 0 Å². The third kappa shape index (κ3) is 6.64. The number of aliphatic hydroxyl groups is 1. The van der Waals surface area contributed by atoms with Crippen LogP contribution in [0.5, 0.6) is 0 Å². The molecular formula is C19H30IN3OS. The first kappa shape index (κ1) is 20.8. The van der Waals surface area contributed by atoms with Gasteiger partial charge in [-0.2, -0.15) is 0 Å². The molecule has 0 atom stereocenters. The highest BCUT2D eigenvalue weighted by atomic mass is 127. The summed E-state index contributed by atoms with van der Waals surface area (Å²) in [6, 6.07) is 11.1. The van der Waals surface area contributed by atoms with Gasteiger partial charge in [0.2, 0.25) is 0 Å². The molecule has 0 unspecified atom stereocenters. The van der Waals surface area contributed by atoms with E-state index in [1.807, 2.05) is 11.8 Å². The molecule has 0 spiro atoms. The van der Waals surface area contributed by atoms with E-state index in [4.69, 9.17) is 4.99 Å². The molecular weight excluding hydrogens is 445 g/mol. The molecule has 3 rings (SSSR count). The van der Waals surface area contributed by atoms with Gasteiger partial charge in [0.05, 0.1) is 12.6 Å². The molecule has 2 aliphatic carbocycles. The fourth-order valence-electron chi connectivity index (χ4n) is 3.13. The first-order valence-corrected chi connectivity index (χ1v) is 9.98. The molecule has 3 N–H and O–H groups in total. The van der Waals surface area contributed by atoms with E-state index in [1.165, 1.54) is 17.7 Å². The molecule has 1 aromatic carbocycles. The van der Waals surface area contributed by atoms with Gasteiger partial charge < -0.3 is 15.7 Å². The number of hydrogen-bond donors (Lipinski definition) is 3. The summed E-state index contributed by atoms with van der Waals surface area (Å²) in [5, 5.41) is 16.6. The normalized spacial score (nSPS) is 25.0. The van der Waals surface area contributed by atoms with Crippen molar-refractivity contribution in [1.29, 1.82) is 0 Å². The Kier molecular flexibility index (Phi) is 8.35. The van der Waals surface area contributed by atoms with Crippen molar-refractivity contribution in [3.8, 4) is 0 Å². The van der Waals surface area contributed by atoms with E-state index in [0.717, 1.165) is 44.7 Å². The molecule has 0 saturated heterocycles. The van der Waals surface area contributed by atoms with Crippen LogP contribution in [0.4, 0.5) is 0 Å². The van der Waals surface area contributed by atoms with Crippen LogP contribution >= 0.6 is 35.7 Å². The number of hydrogen-bond acceptors (Lipinski definition) is 3. The molecule has 4 nitrogen and oxygen atoms in total. The second kappa shape index (κ2) is 10.0. The second-order valence-electron chi connectivity index (χ2n) is 6.94. The molecule has 0 amide bonds. The molecule has 2 saturated carbocycles. The molecule has 1 aromatic rings. The first-order chi connectivity index (χ1) is 11.7. The number of aliphatic imine (C=N–C) groups is 1. The lowest BCUT2D eigenvalue weighted by molar-refractivity contribution is 0.120. The number of nitrogens with one attached hydrogen (secondary N) is 2. The van der Waals surface area contributed by atoms with Crippen molar-refractivity contribution in [1.82, 2.24) is 10.6 Å². The summed E-state index contributed by atoms with van der Waals surface area (Å²) in [6.07, 6.45) is 6.20. The number of nitrogens with zero attached hydrogens (tertiary/aromatic N) is 1. The minimum absolute atomic E-state index is 0. The lowest BCUT2D eigenvalue weighted by atomic mass is 9.93. The Morgan fingerprint density at radius 3 is 2.48 bits per heavy atom. The highest BCUT2D eigenvalue weighted by molar-refractivity contribution is 14.0. The molecule has 2 fully saturated rings. The Bertz CT molecular complexity index is 543. The third-order valence-electron chi connectivity index (χ3n) is 4.79. The summed E-state index contributed by atoms with van der Waals surface area (Å²) < 4.78 is 0.284. The zero-order valence-corrected chi connectivity index (χ0v) is 18.1. The van der Waals surface area contributed by atoms with E-state index in [2.05, 4.69) is 47.9 Å². The minimum atomic E-state index is -0.112. The highest BCUT2D eigenvalue weighted by Crippen LogP contribution is 2.51. The van der Waals surface area contributed by atoms with E-state index in [-0.39, 0.29) is 34.8 Å². The van der Waals surface area contributed by atoms with Gasteiger partial charge in [0.15, 0.2) is 5.96 Å². The Hall–Kier alpha value is -0.470. The second-order valence-corrected chi connectivity index (χ2v) is 8.48. The molecule has 6 heteroatoms. The van der Waals surface area contributed by atoms with Gasteiger partial charge >= 0.3 is 0 Å². The molecule has 0 aromatic heterocycles. The fraction of sp³-hybridized carbons (Fsp3) is 0.632. The van der Waals surface area contributed by atoms with E-state index in [1.54, 1.807) is 0 Å². The lowest BCUT2D eigenvalue weighted by Crippen LogP contribution is -2.45. The quantitative estimate of drug-likeness (QED) is 0.333. The summed E-state index contributed by atoms with van der Waals surface area (Å²) in [5.41, 5.74) is 0. The van der Waals surface area contributed by atoms with Gasteiger partial charge in [-0.1, -0.05) is 18.2 Å². The van der Waals surface area contributed by atoms with Crippen LogP contribution in [0.25, 0.3) is 0 Å². The van der Waals surface area contributed by atoms with Gasteiger partial charge in [-0.25, -0.2) is 0 Å². The van der Waals surface area contributed by atoms with Crippen molar-refractivity contribution in [2.24, 2.45) is 4.99 Å². The van der Waals surface area contributed by atoms with Crippen LogP contribution in [0.15, 0.2) is 40.2 Å². The Morgan fingerprint density at radius 1 is 1.20 bits per heavy atom. The predicted molar refractivity (Wildman–Crippen MR) is 117 cm³/mol. The van der Waals surface area contributed by atoms with Gasteiger partial charge in [0, 0.05) is 22.2 Å². The Balaban J connectivity index is 0.00000225. The number of halogens is 1. The fourth-order valence-corrected chi connectivity index (χ4v) is 4.36. The van der Waals surface area contributed by atoms with Crippen molar-refractivity contribution in [3.05, 3.63) is 30.3 Å². The predicted octanol–water partition coefficient (Wildman–Crippen LogP) is 3.79. The average molecular weight is 475 g/mol. The highest BCUT2D eigenvalue weighted by Gasteiger charge is 2.43.